The Bertz CT molecular complexity index is 3470. The third-order valence-corrected chi connectivity index (χ3v) is 15.1. The van der Waals surface area contributed by atoms with Gasteiger partial charge in [0.05, 0.1) is 52.4 Å². The summed E-state index contributed by atoms with van der Waals surface area (Å²) in [5, 5.41) is 18.5. The average molecular weight is 1310 g/mol. The molecular formula is C67H87ClN10O15. The van der Waals surface area contributed by atoms with Crippen molar-refractivity contribution in [1.29, 1.82) is 0 Å². The summed E-state index contributed by atoms with van der Waals surface area (Å²) in [4.78, 5) is 101. The maximum atomic E-state index is 14.9. The number of H-pyrrole nitrogens is 1. The van der Waals surface area contributed by atoms with Crippen molar-refractivity contribution < 1.29 is 71.5 Å². The molecule has 25 nitrogen and oxygen atoms in total. The van der Waals surface area contributed by atoms with E-state index in [1.165, 1.54) is 0 Å². The number of hydrogen-bond donors (Lipinski definition) is 8. The molecule has 0 saturated heterocycles. The van der Waals surface area contributed by atoms with E-state index >= 15 is 0 Å². The Morgan fingerprint density at radius 1 is 0.720 bits per heavy atom. The van der Waals surface area contributed by atoms with Gasteiger partial charge >= 0.3 is 18.2 Å². The molecule has 3 unspecified atom stereocenters. The summed E-state index contributed by atoms with van der Waals surface area (Å²) in [5.41, 5.74) is 8.49. The molecule has 7 rings (SSSR count). The lowest BCUT2D eigenvalue weighted by molar-refractivity contribution is -0.128. The number of ether oxygens (including phenoxy) is 8. The van der Waals surface area contributed by atoms with Crippen molar-refractivity contribution in [1.82, 2.24) is 36.5 Å². The van der Waals surface area contributed by atoms with Crippen LogP contribution >= 0.6 is 11.6 Å². The Kier molecular flexibility index (Phi) is 27.1. The van der Waals surface area contributed by atoms with Crippen LogP contribution in [0.15, 0.2) is 103 Å². The Balaban J connectivity index is 1.10. The number of nitrogens with zero attached hydrogens (tertiary/aromatic N) is 2. The van der Waals surface area contributed by atoms with Gasteiger partial charge in [-0.25, -0.2) is 14.4 Å². The first kappa shape index (κ1) is 71.6. The first-order chi connectivity index (χ1) is 44.6. The van der Waals surface area contributed by atoms with Gasteiger partial charge in [-0.2, -0.15) is 0 Å². The van der Waals surface area contributed by atoms with Gasteiger partial charge in [0.1, 0.15) is 42.3 Å². The number of anilines is 2. The number of fused-ring (bicyclic) bond motifs is 4. The number of urea groups is 1. The van der Waals surface area contributed by atoms with E-state index in [1.54, 1.807) is 101 Å². The molecule has 4 atom stereocenters. The summed E-state index contributed by atoms with van der Waals surface area (Å²) in [6.45, 7) is 12.1. The number of halogens is 1. The summed E-state index contributed by atoms with van der Waals surface area (Å²) < 4.78 is 46.2. The number of likely N-dealkylation sites (N-methyl/N-ethyl adjacent to an activating group) is 1. The van der Waals surface area contributed by atoms with Gasteiger partial charge in [-0.05, 0) is 94.4 Å². The van der Waals surface area contributed by atoms with E-state index < -0.39 is 65.6 Å². The third-order valence-electron chi connectivity index (χ3n) is 14.7. The van der Waals surface area contributed by atoms with Crippen LogP contribution in [-0.2, 0) is 44.7 Å². The highest BCUT2D eigenvalue weighted by atomic mass is 35.5. The second kappa shape index (κ2) is 35.2. The highest BCUT2D eigenvalue weighted by molar-refractivity contribution is 6.19. The maximum absolute atomic E-state index is 14.9. The minimum Gasteiger partial charge on any atom is -0.493 e. The SMILES string of the molecule is COc1cc2[nH]c(C(=O)N3C[C@@H](CCl)c4c3cc(OC(C(=O)NCCOCCOCCOCCNC(=O)OC(C)(C)C)c3ccc(NC(=O)C(CCCNC(N)=O)NC(=O)C(NC(=O)OCc5ccccc5)C(C)C)cc3)c3ccccc43)cc2cc1OCCN(C)C. The van der Waals surface area contributed by atoms with Gasteiger partial charge < -0.3 is 90.3 Å². The van der Waals surface area contributed by atoms with Crippen LogP contribution in [-0.4, -0.2) is 175 Å². The van der Waals surface area contributed by atoms with Crippen LogP contribution < -0.4 is 56.7 Å². The van der Waals surface area contributed by atoms with Crippen molar-refractivity contribution in [3.05, 3.63) is 126 Å². The first-order valence-electron chi connectivity index (χ1n) is 30.9. The third kappa shape index (κ3) is 21.6. The van der Waals surface area contributed by atoms with E-state index in [4.69, 9.17) is 55.2 Å². The predicted molar refractivity (Wildman–Crippen MR) is 353 cm³/mol. The van der Waals surface area contributed by atoms with Crippen molar-refractivity contribution >= 4 is 86.5 Å². The van der Waals surface area contributed by atoms with Gasteiger partial charge in [-0.3, -0.25) is 19.2 Å². The number of primary amides is 1. The number of alkyl halides is 1. The number of nitrogens with one attached hydrogen (secondary N) is 7. The summed E-state index contributed by atoms with van der Waals surface area (Å²) in [5.74, 6) is -1.28. The topological polar surface area (TPSA) is 314 Å². The molecule has 0 radical (unpaired) electrons. The number of alkyl carbamates (subject to hydrolysis) is 2. The van der Waals surface area contributed by atoms with Crippen LogP contribution in [0.2, 0.25) is 0 Å². The fourth-order valence-corrected chi connectivity index (χ4v) is 10.4. The fourth-order valence-electron chi connectivity index (χ4n) is 10.1. The smallest absolute Gasteiger partial charge is 0.408 e. The largest absolute Gasteiger partial charge is 0.493 e. The number of carbonyl (C=O) groups excluding carboxylic acids is 7. The molecule has 26 heteroatoms. The Labute approximate surface area is 546 Å². The Morgan fingerprint density at radius 2 is 1.39 bits per heavy atom. The van der Waals surface area contributed by atoms with Gasteiger partial charge in [0.25, 0.3) is 11.8 Å². The highest BCUT2D eigenvalue weighted by Crippen LogP contribution is 2.47. The Hall–Kier alpha value is -8.88. The van der Waals surface area contributed by atoms with Crippen LogP contribution in [0.4, 0.5) is 25.8 Å². The number of nitrogens with two attached hydrogens (primary N) is 1. The number of aromatic amines is 1. The molecule has 0 bridgehead atoms. The molecule has 0 spiro atoms. The van der Waals surface area contributed by atoms with Crippen molar-refractivity contribution in [3.8, 4) is 17.2 Å². The molecule has 8 amide bonds. The highest BCUT2D eigenvalue weighted by Gasteiger charge is 2.37. The standard InChI is InChI=1S/C67H87ClN10O15/c1-42(2)58(76-66(85)91-41-43-15-10-9-11-16-43)61(80)75-50(19-14-24-71-64(69)83)60(79)73-47-22-20-44(21-23-47)59(62(81)70-25-28-87-31-33-89-34-32-88-29-26-72-65(84)93-67(3,4)5)92-54-38-53-57(49-18-13-12-17-48(49)54)46(39-68)40-78(53)63(82)52-35-45-36-56(90-30-27-77(6)7)55(86-8)37-51(45)74-52/h9-13,15-18,20-23,35-38,42,46,50,58-59,74H,14,19,24-34,39-41H2,1-8H3,(H,70,81)(H,72,84)(H,73,79)(H,75,80)(H,76,85)(H3,69,71,83)/t46-,50?,58?,59?/m1/s1. The zero-order valence-corrected chi connectivity index (χ0v) is 54.7. The number of hydrogen-bond acceptors (Lipinski definition) is 16. The van der Waals surface area contributed by atoms with E-state index in [1.807, 2.05) is 67.5 Å². The normalized spacial score (nSPS) is 13.8. The molecule has 0 fully saturated rings. The lowest BCUT2D eigenvalue weighted by atomic mass is 9.95. The molecule has 2 heterocycles. The maximum Gasteiger partial charge on any atom is 0.408 e. The van der Waals surface area contributed by atoms with Crippen LogP contribution in [0.25, 0.3) is 21.7 Å². The van der Waals surface area contributed by atoms with Crippen molar-refractivity contribution in [2.24, 2.45) is 11.7 Å². The van der Waals surface area contributed by atoms with Crippen molar-refractivity contribution in [3.63, 3.8) is 0 Å². The van der Waals surface area contributed by atoms with Crippen molar-refractivity contribution in [2.45, 2.75) is 83.8 Å². The number of methoxy groups -OCH3 is 1. The molecule has 1 aliphatic heterocycles. The molecule has 93 heavy (non-hydrogen) atoms. The molecule has 0 saturated carbocycles. The lowest BCUT2D eigenvalue weighted by Gasteiger charge is -2.25. The molecule has 1 aromatic heterocycles. The molecule has 502 valence electrons. The summed E-state index contributed by atoms with van der Waals surface area (Å²) in [7, 11) is 5.47. The van der Waals surface area contributed by atoms with Crippen LogP contribution in [0, 0.1) is 5.92 Å². The van der Waals surface area contributed by atoms with Gasteiger partial charge in [0.15, 0.2) is 11.5 Å². The Morgan fingerprint density at radius 3 is 2.03 bits per heavy atom. The van der Waals surface area contributed by atoms with Crippen molar-refractivity contribution in [2.75, 3.05) is 116 Å². The number of carbonyl (C=O) groups is 7. The quantitative estimate of drug-likeness (QED) is 0.0139. The molecule has 0 aliphatic carbocycles. The van der Waals surface area contributed by atoms with Gasteiger partial charge in [0.2, 0.25) is 17.9 Å². The number of amides is 8. The number of aromatic nitrogens is 1. The second-order valence-corrected chi connectivity index (χ2v) is 23.9. The zero-order chi connectivity index (χ0) is 67.0. The predicted octanol–water partition coefficient (Wildman–Crippen LogP) is 7.89. The van der Waals surface area contributed by atoms with E-state index in [0.717, 1.165) is 21.9 Å². The fraction of sp³-hybridized carbons (Fsp3) is 0.448. The number of benzene rings is 5. The minimum absolute atomic E-state index is 0.0271. The summed E-state index contributed by atoms with van der Waals surface area (Å²) in [6.07, 6.45) is -2.37. The summed E-state index contributed by atoms with van der Waals surface area (Å²) >= 11 is 6.73. The van der Waals surface area contributed by atoms with E-state index in [0.29, 0.717) is 64.8 Å². The summed E-state index contributed by atoms with van der Waals surface area (Å²) in [6, 6.07) is 27.2. The van der Waals surface area contributed by atoms with Crippen LogP contribution in [0.3, 0.4) is 0 Å². The van der Waals surface area contributed by atoms with E-state index in [-0.39, 0.29) is 102 Å². The monoisotopic (exact) mass is 1310 g/mol. The number of rotatable bonds is 35. The average Bonchev–Trinajstić information content (AvgIpc) is 1.63. The molecular weight excluding hydrogens is 1220 g/mol. The molecule has 1 aliphatic rings. The van der Waals surface area contributed by atoms with Gasteiger partial charge in [0, 0.05) is 84.2 Å². The minimum atomic E-state index is -1.32. The molecule has 5 aromatic carbocycles. The van der Waals surface area contributed by atoms with Gasteiger partial charge in [-0.15, -0.1) is 11.6 Å². The van der Waals surface area contributed by atoms with Gasteiger partial charge in [-0.1, -0.05) is 80.6 Å². The second-order valence-electron chi connectivity index (χ2n) is 23.6. The van der Waals surface area contributed by atoms with Crippen LogP contribution in [0.1, 0.15) is 86.7 Å². The molecule has 6 aromatic rings. The van der Waals surface area contributed by atoms with E-state index in [2.05, 4.69) is 36.9 Å². The van der Waals surface area contributed by atoms with E-state index in [9.17, 15) is 33.6 Å². The van der Waals surface area contributed by atoms with Crippen LogP contribution in [0.5, 0.6) is 17.2 Å². The molecule has 9 N–H and O–H groups in total. The zero-order valence-electron chi connectivity index (χ0n) is 54.0. The first-order valence-corrected chi connectivity index (χ1v) is 31.4. The lowest BCUT2D eigenvalue weighted by Crippen LogP contribution is -2.54.